The van der Waals surface area contributed by atoms with Gasteiger partial charge in [0, 0.05) is 18.8 Å². The topological polar surface area (TPSA) is 118 Å². The maximum atomic E-state index is 11.9. The Kier molecular flexibility index (Phi) is 6.59. The second-order valence-electron chi connectivity index (χ2n) is 4.57. The molecule has 1 rings (SSSR count). The van der Waals surface area contributed by atoms with Crippen LogP contribution in [0.3, 0.4) is 0 Å². The summed E-state index contributed by atoms with van der Waals surface area (Å²) in [5.74, 6) is -0.0899. The van der Waals surface area contributed by atoms with Crippen LogP contribution >= 0.6 is 0 Å². The number of hydrogen-bond acceptors (Lipinski definition) is 5. The molecular formula is C12H21N3O4S2. The molecule has 120 valence electrons. The van der Waals surface area contributed by atoms with Crippen LogP contribution < -0.4 is 15.2 Å². The Balaban J connectivity index is 2.54. The first-order chi connectivity index (χ1) is 9.74. The average Bonchev–Trinajstić information content (AvgIpc) is 2.41. The molecule has 0 fully saturated rings. The molecule has 0 atom stereocenters. The Morgan fingerprint density at radius 2 is 1.67 bits per heavy atom. The molecule has 0 unspecified atom stereocenters. The van der Waals surface area contributed by atoms with Crippen LogP contribution in [0.4, 0.5) is 5.69 Å². The lowest BCUT2D eigenvalue weighted by atomic mass is 10.3. The number of anilines is 1. The Bertz CT molecular complexity index is 640. The molecule has 0 spiro atoms. The third-order valence-electron chi connectivity index (χ3n) is 2.64. The smallest absolute Gasteiger partial charge is 0.240 e. The lowest BCUT2D eigenvalue weighted by molar-refractivity contribution is 0.580. The number of hydrogen-bond donors (Lipinski definition) is 3. The van der Waals surface area contributed by atoms with E-state index in [0.717, 1.165) is 12.1 Å². The number of nitrogens with two attached hydrogens (primary N) is 1. The molecule has 0 heterocycles. The molecule has 0 aliphatic carbocycles. The zero-order valence-electron chi connectivity index (χ0n) is 11.9. The highest BCUT2D eigenvalue weighted by Crippen LogP contribution is 2.13. The second-order valence-corrected chi connectivity index (χ2v) is 8.07. The van der Waals surface area contributed by atoms with E-state index in [2.05, 4.69) is 10.0 Å². The monoisotopic (exact) mass is 335 g/mol. The first-order valence-corrected chi connectivity index (χ1v) is 9.78. The van der Waals surface area contributed by atoms with Gasteiger partial charge in [0.25, 0.3) is 0 Å². The Labute approximate surface area is 126 Å². The Morgan fingerprint density at radius 1 is 1.05 bits per heavy atom. The summed E-state index contributed by atoms with van der Waals surface area (Å²) in [5.41, 5.74) is 0.721. The van der Waals surface area contributed by atoms with Crippen LogP contribution in [0.2, 0.25) is 0 Å². The number of benzene rings is 1. The van der Waals surface area contributed by atoms with Crippen LogP contribution in [-0.2, 0) is 20.0 Å². The molecule has 0 bridgehead atoms. The molecular weight excluding hydrogens is 314 g/mol. The molecule has 21 heavy (non-hydrogen) atoms. The summed E-state index contributed by atoms with van der Waals surface area (Å²) in [5, 5.41) is 7.90. The zero-order chi connectivity index (χ0) is 15.9. The lowest BCUT2D eigenvalue weighted by Crippen LogP contribution is -2.24. The summed E-state index contributed by atoms with van der Waals surface area (Å²) < 4.78 is 47.7. The molecule has 0 aliphatic rings. The summed E-state index contributed by atoms with van der Waals surface area (Å²) in [7, 11) is -6.90. The number of nitrogens with one attached hydrogen (secondary N) is 2. The van der Waals surface area contributed by atoms with Crippen LogP contribution in [-0.4, -0.2) is 35.7 Å². The van der Waals surface area contributed by atoms with Gasteiger partial charge in [0.15, 0.2) is 0 Å². The molecule has 1 aromatic carbocycles. The second kappa shape index (κ2) is 7.74. The SMILES string of the molecule is CCCNS(=O)(=O)c1ccc(NCCCS(N)(=O)=O)cc1. The van der Waals surface area contributed by atoms with Crippen molar-refractivity contribution in [2.45, 2.75) is 24.7 Å². The molecule has 0 saturated heterocycles. The third-order valence-corrected chi connectivity index (χ3v) is 4.98. The quantitative estimate of drug-likeness (QED) is 0.567. The predicted molar refractivity (Wildman–Crippen MR) is 83.0 cm³/mol. The molecule has 0 aliphatic heterocycles. The van der Waals surface area contributed by atoms with Crippen LogP contribution in [0, 0.1) is 0 Å². The summed E-state index contributed by atoms with van der Waals surface area (Å²) in [6, 6.07) is 6.27. The van der Waals surface area contributed by atoms with E-state index in [-0.39, 0.29) is 10.6 Å². The first kappa shape index (κ1) is 17.9. The van der Waals surface area contributed by atoms with E-state index >= 15 is 0 Å². The standard InChI is InChI=1S/C12H21N3O4S2/c1-2-8-15-21(18,19)12-6-4-11(5-7-12)14-9-3-10-20(13,16)17/h4-7,14-15H,2-3,8-10H2,1H3,(H2,13,16,17). The van der Waals surface area contributed by atoms with Gasteiger partial charge in [-0.3, -0.25) is 0 Å². The number of sulfonamides is 2. The molecule has 9 heteroatoms. The van der Waals surface area contributed by atoms with Crippen molar-refractivity contribution in [3.8, 4) is 0 Å². The highest BCUT2D eigenvalue weighted by molar-refractivity contribution is 7.89. The maximum Gasteiger partial charge on any atom is 0.240 e. The van der Waals surface area contributed by atoms with Crippen molar-refractivity contribution in [1.29, 1.82) is 0 Å². The lowest BCUT2D eigenvalue weighted by Gasteiger charge is -2.08. The minimum Gasteiger partial charge on any atom is -0.385 e. The summed E-state index contributed by atoms with van der Waals surface area (Å²) in [6.07, 6.45) is 1.11. The van der Waals surface area contributed by atoms with Gasteiger partial charge in [0.2, 0.25) is 20.0 Å². The Morgan fingerprint density at radius 3 is 2.19 bits per heavy atom. The molecule has 0 aromatic heterocycles. The maximum absolute atomic E-state index is 11.9. The molecule has 0 saturated carbocycles. The van der Waals surface area contributed by atoms with Crippen molar-refractivity contribution in [2.75, 3.05) is 24.2 Å². The van der Waals surface area contributed by atoms with Gasteiger partial charge in [0.05, 0.1) is 10.6 Å². The van der Waals surface area contributed by atoms with Gasteiger partial charge in [-0.1, -0.05) is 6.92 Å². The van der Waals surface area contributed by atoms with Crippen molar-refractivity contribution in [2.24, 2.45) is 5.14 Å². The third kappa shape index (κ3) is 6.89. The van der Waals surface area contributed by atoms with Gasteiger partial charge in [0.1, 0.15) is 0 Å². The minimum atomic E-state index is -3.46. The summed E-state index contributed by atoms with van der Waals surface area (Å²) in [4.78, 5) is 0.200. The van der Waals surface area contributed by atoms with E-state index in [1.54, 1.807) is 12.1 Å². The van der Waals surface area contributed by atoms with Gasteiger partial charge >= 0.3 is 0 Å². The molecule has 0 amide bonds. The normalized spacial score (nSPS) is 12.3. The first-order valence-electron chi connectivity index (χ1n) is 6.58. The molecule has 4 N–H and O–H groups in total. The van der Waals surface area contributed by atoms with Crippen molar-refractivity contribution in [3.05, 3.63) is 24.3 Å². The van der Waals surface area contributed by atoms with E-state index in [1.165, 1.54) is 12.1 Å². The largest absolute Gasteiger partial charge is 0.385 e. The van der Waals surface area contributed by atoms with Crippen molar-refractivity contribution < 1.29 is 16.8 Å². The van der Waals surface area contributed by atoms with Gasteiger partial charge in [-0.15, -0.1) is 0 Å². The van der Waals surface area contributed by atoms with Crippen LogP contribution in [0.5, 0.6) is 0 Å². The fourth-order valence-electron chi connectivity index (χ4n) is 1.58. The van der Waals surface area contributed by atoms with Crippen molar-refractivity contribution >= 4 is 25.7 Å². The summed E-state index contributed by atoms with van der Waals surface area (Å²) in [6.45, 7) is 2.73. The van der Waals surface area contributed by atoms with E-state index in [1.807, 2.05) is 6.92 Å². The fraction of sp³-hybridized carbons (Fsp3) is 0.500. The van der Waals surface area contributed by atoms with E-state index in [4.69, 9.17) is 5.14 Å². The highest BCUT2D eigenvalue weighted by atomic mass is 32.2. The molecule has 1 aromatic rings. The fourth-order valence-corrected chi connectivity index (χ4v) is 3.26. The zero-order valence-corrected chi connectivity index (χ0v) is 13.5. The van der Waals surface area contributed by atoms with Crippen LogP contribution in [0.15, 0.2) is 29.2 Å². The predicted octanol–water partition coefficient (Wildman–Crippen LogP) is 0.465. The molecule has 7 nitrogen and oxygen atoms in total. The van der Waals surface area contributed by atoms with Gasteiger partial charge in [-0.2, -0.15) is 0 Å². The van der Waals surface area contributed by atoms with Gasteiger partial charge in [-0.25, -0.2) is 26.7 Å². The molecule has 0 radical (unpaired) electrons. The number of rotatable bonds is 9. The van der Waals surface area contributed by atoms with Crippen LogP contribution in [0.1, 0.15) is 19.8 Å². The average molecular weight is 335 g/mol. The van der Waals surface area contributed by atoms with Crippen molar-refractivity contribution in [1.82, 2.24) is 4.72 Å². The van der Waals surface area contributed by atoms with E-state index in [0.29, 0.717) is 19.5 Å². The van der Waals surface area contributed by atoms with E-state index < -0.39 is 20.0 Å². The highest BCUT2D eigenvalue weighted by Gasteiger charge is 2.12. The summed E-state index contributed by atoms with van der Waals surface area (Å²) >= 11 is 0. The van der Waals surface area contributed by atoms with Crippen molar-refractivity contribution in [3.63, 3.8) is 0 Å². The van der Waals surface area contributed by atoms with Gasteiger partial charge in [-0.05, 0) is 37.1 Å². The minimum absolute atomic E-state index is 0.0899. The Hall–Kier alpha value is -1.16. The van der Waals surface area contributed by atoms with Gasteiger partial charge < -0.3 is 5.32 Å². The van der Waals surface area contributed by atoms with Crippen LogP contribution in [0.25, 0.3) is 0 Å². The number of primary sulfonamides is 1. The van der Waals surface area contributed by atoms with E-state index in [9.17, 15) is 16.8 Å².